The van der Waals surface area contributed by atoms with Crippen LogP contribution < -0.4 is 5.73 Å². The molecule has 0 atom stereocenters. The summed E-state index contributed by atoms with van der Waals surface area (Å²) in [6.07, 6.45) is -0.343. The molecule has 1 aromatic rings. The highest BCUT2D eigenvalue weighted by molar-refractivity contribution is 5.09. The molecule has 0 bridgehead atoms. The molecule has 0 saturated heterocycles. The van der Waals surface area contributed by atoms with Crippen molar-refractivity contribution in [2.24, 2.45) is 5.73 Å². The van der Waals surface area contributed by atoms with Crippen LogP contribution in [0.1, 0.15) is 5.56 Å². The van der Waals surface area contributed by atoms with Gasteiger partial charge in [-0.1, -0.05) is 0 Å². The largest absolute Gasteiger partial charge is 0.401 e. The molecular formula is C11H16F3N3. The lowest BCUT2D eigenvalue weighted by Crippen LogP contribution is -2.38. The summed E-state index contributed by atoms with van der Waals surface area (Å²) < 4.78 is 36.8. The van der Waals surface area contributed by atoms with Gasteiger partial charge in [0.05, 0.1) is 6.54 Å². The fraction of sp³-hybridized carbons (Fsp3) is 0.545. The zero-order chi connectivity index (χ0) is 12.7. The molecule has 1 rings (SSSR count). The van der Waals surface area contributed by atoms with E-state index in [9.17, 15) is 13.2 Å². The predicted molar refractivity (Wildman–Crippen MR) is 59.5 cm³/mol. The molecule has 3 nitrogen and oxygen atoms in total. The highest BCUT2D eigenvalue weighted by atomic mass is 19.4. The number of aromatic nitrogens is 1. The highest BCUT2D eigenvalue weighted by Gasteiger charge is 2.30. The van der Waals surface area contributed by atoms with Crippen LogP contribution in [0, 0.1) is 0 Å². The van der Waals surface area contributed by atoms with E-state index in [1.165, 1.54) is 4.90 Å². The Morgan fingerprint density at radius 2 is 1.82 bits per heavy atom. The minimum absolute atomic E-state index is 0.229. The number of hydrogen-bond donors (Lipinski definition) is 1. The summed E-state index contributed by atoms with van der Waals surface area (Å²) in [5, 5.41) is 0. The summed E-state index contributed by atoms with van der Waals surface area (Å²) in [4.78, 5) is 5.17. The van der Waals surface area contributed by atoms with E-state index in [-0.39, 0.29) is 13.1 Å². The zero-order valence-electron chi connectivity index (χ0n) is 9.45. The first kappa shape index (κ1) is 13.9. The van der Waals surface area contributed by atoms with E-state index < -0.39 is 12.7 Å². The normalized spacial score (nSPS) is 12.1. The van der Waals surface area contributed by atoms with E-state index in [4.69, 9.17) is 5.73 Å². The van der Waals surface area contributed by atoms with Crippen molar-refractivity contribution in [1.29, 1.82) is 0 Å². The van der Waals surface area contributed by atoms with Gasteiger partial charge < -0.3 is 5.73 Å². The topological polar surface area (TPSA) is 42.1 Å². The molecule has 0 aliphatic heterocycles. The number of rotatable bonds is 6. The van der Waals surface area contributed by atoms with Crippen LogP contribution in [0.25, 0.3) is 0 Å². The number of nitrogens with two attached hydrogens (primary N) is 1. The third-order valence-corrected chi connectivity index (χ3v) is 2.31. The third kappa shape index (κ3) is 6.23. The second-order valence-corrected chi connectivity index (χ2v) is 3.79. The maximum atomic E-state index is 12.3. The Hall–Kier alpha value is -1.14. The third-order valence-electron chi connectivity index (χ3n) is 2.31. The molecule has 96 valence electrons. The molecule has 17 heavy (non-hydrogen) atoms. The standard InChI is InChI=1S/C11H16F3N3/c12-11(13,14)9-17(8-4-15)7-3-10-1-5-16-6-2-10/h1-2,5-6H,3-4,7-9,15H2. The van der Waals surface area contributed by atoms with E-state index >= 15 is 0 Å². The average Bonchev–Trinajstić information content (AvgIpc) is 2.26. The van der Waals surface area contributed by atoms with Gasteiger partial charge in [0.15, 0.2) is 0 Å². The summed E-state index contributed by atoms with van der Waals surface area (Å²) in [5.74, 6) is 0. The Bertz CT molecular complexity index is 313. The van der Waals surface area contributed by atoms with Crippen molar-refractivity contribution in [2.75, 3.05) is 26.2 Å². The lowest BCUT2D eigenvalue weighted by Gasteiger charge is -2.22. The van der Waals surface area contributed by atoms with Crippen molar-refractivity contribution in [3.8, 4) is 0 Å². The first-order chi connectivity index (χ1) is 8.01. The van der Waals surface area contributed by atoms with Crippen LogP contribution in [0.3, 0.4) is 0 Å². The van der Waals surface area contributed by atoms with Crippen molar-refractivity contribution >= 4 is 0 Å². The molecule has 0 unspecified atom stereocenters. The number of pyridine rings is 1. The minimum Gasteiger partial charge on any atom is -0.329 e. The van der Waals surface area contributed by atoms with Gasteiger partial charge in [0.1, 0.15) is 0 Å². The van der Waals surface area contributed by atoms with E-state index in [2.05, 4.69) is 4.98 Å². The molecule has 0 aromatic carbocycles. The molecule has 2 N–H and O–H groups in total. The van der Waals surface area contributed by atoms with Crippen LogP contribution >= 0.6 is 0 Å². The maximum Gasteiger partial charge on any atom is 0.401 e. The van der Waals surface area contributed by atoms with Crippen LogP contribution in [0.2, 0.25) is 0 Å². The van der Waals surface area contributed by atoms with Crippen molar-refractivity contribution in [3.05, 3.63) is 30.1 Å². The van der Waals surface area contributed by atoms with Crippen LogP contribution in [0.15, 0.2) is 24.5 Å². The SMILES string of the molecule is NCCN(CCc1ccncc1)CC(F)(F)F. The fourth-order valence-corrected chi connectivity index (χ4v) is 1.54. The summed E-state index contributed by atoms with van der Waals surface area (Å²) in [6, 6.07) is 3.60. The van der Waals surface area contributed by atoms with Crippen molar-refractivity contribution in [2.45, 2.75) is 12.6 Å². The Kier molecular flexibility index (Phi) is 5.37. The number of alkyl halides is 3. The average molecular weight is 247 g/mol. The van der Waals surface area contributed by atoms with Crippen molar-refractivity contribution < 1.29 is 13.2 Å². The minimum atomic E-state index is -4.17. The van der Waals surface area contributed by atoms with Gasteiger partial charge in [0.2, 0.25) is 0 Å². The monoisotopic (exact) mass is 247 g/mol. The molecule has 0 fully saturated rings. The van der Waals surface area contributed by atoms with Gasteiger partial charge in [0, 0.05) is 32.0 Å². The van der Waals surface area contributed by atoms with E-state index in [1.54, 1.807) is 24.5 Å². The first-order valence-corrected chi connectivity index (χ1v) is 5.39. The van der Waals surface area contributed by atoms with Gasteiger partial charge in [-0.05, 0) is 24.1 Å². The number of nitrogens with zero attached hydrogens (tertiary/aromatic N) is 2. The number of hydrogen-bond acceptors (Lipinski definition) is 3. The van der Waals surface area contributed by atoms with Gasteiger partial charge in [-0.2, -0.15) is 13.2 Å². The van der Waals surface area contributed by atoms with Gasteiger partial charge in [-0.3, -0.25) is 9.88 Å². The van der Waals surface area contributed by atoms with E-state index in [0.717, 1.165) is 5.56 Å². The smallest absolute Gasteiger partial charge is 0.329 e. The van der Waals surface area contributed by atoms with Crippen molar-refractivity contribution in [3.63, 3.8) is 0 Å². The molecule has 6 heteroatoms. The molecule has 0 aliphatic carbocycles. The molecule has 1 heterocycles. The molecule has 0 spiro atoms. The van der Waals surface area contributed by atoms with E-state index in [0.29, 0.717) is 13.0 Å². The Labute approximate surface area is 98.4 Å². The summed E-state index contributed by atoms with van der Waals surface area (Å²) in [7, 11) is 0. The lowest BCUT2D eigenvalue weighted by molar-refractivity contribution is -0.145. The maximum absolute atomic E-state index is 12.3. The van der Waals surface area contributed by atoms with Crippen LogP contribution in [-0.2, 0) is 6.42 Å². The molecular weight excluding hydrogens is 231 g/mol. The zero-order valence-corrected chi connectivity index (χ0v) is 9.45. The Morgan fingerprint density at radius 3 is 2.35 bits per heavy atom. The van der Waals surface area contributed by atoms with Gasteiger partial charge in [0.25, 0.3) is 0 Å². The molecule has 1 aromatic heterocycles. The van der Waals surface area contributed by atoms with Crippen LogP contribution in [-0.4, -0.2) is 42.2 Å². The summed E-state index contributed by atoms with van der Waals surface area (Å²) >= 11 is 0. The second kappa shape index (κ2) is 6.56. The van der Waals surface area contributed by atoms with E-state index in [1.807, 2.05) is 0 Å². The summed E-state index contributed by atoms with van der Waals surface area (Å²) in [5.41, 5.74) is 6.27. The molecule has 0 saturated carbocycles. The first-order valence-electron chi connectivity index (χ1n) is 5.39. The molecule has 0 amide bonds. The van der Waals surface area contributed by atoms with Crippen LogP contribution in [0.5, 0.6) is 0 Å². The highest BCUT2D eigenvalue weighted by Crippen LogP contribution is 2.16. The Morgan fingerprint density at radius 1 is 1.18 bits per heavy atom. The number of halogens is 3. The van der Waals surface area contributed by atoms with Gasteiger partial charge in [-0.15, -0.1) is 0 Å². The van der Waals surface area contributed by atoms with Gasteiger partial charge >= 0.3 is 6.18 Å². The Balaban J connectivity index is 2.44. The molecule has 0 aliphatic rings. The second-order valence-electron chi connectivity index (χ2n) is 3.79. The predicted octanol–water partition coefficient (Wildman–Crippen LogP) is 1.45. The van der Waals surface area contributed by atoms with Crippen LogP contribution in [0.4, 0.5) is 13.2 Å². The summed E-state index contributed by atoms with van der Waals surface area (Å²) in [6.45, 7) is -0.0764. The fourth-order valence-electron chi connectivity index (χ4n) is 1.54. The molecule has 0 radical (unpaired) electrons. The van der Waals surface area contributed by atoms with Gasteiger partial charge in [-0.25, -0.2) is 0 Å². The quantitative estimate of drug-likeness (QED) is 0.827. The van der Waals surface area contributed by atoms with Crippen molar-refractivity contribution in [1.82, 2.24) is 9.88 Å². The lowest BCUT2D eigenvalue weighted by atomic mass is 10.2.